The van der Waals surface area contributed by atoms with Crippen LogP contribution in [0.15, 0.2) is 29.6 Å². The molecule has 0 saturated heterocycles. The molecule has 88 valence electrons. The number of nitrogens with zero attached hydrogens (tertiary/aromatic N) is 1. The zero-order valence-corrected chi connectivity index (χ0v) is 10.0. The fraction of sp³-hybridized carbons (Fsp3) is 0.167. The number of carboxylic acids is 1. The third-order valence-electron chi connectivity index (χ3n) is 2.11. The Morgan fingerprint density at radius 1 is 1.53 bits per heavy atom. The van der Waals surface area contributed by atoms with Crippen LogP contribution in [0.5, 0.6) is 5.75 Å². The molecule has 0 aliphatic heterocycles. The van der Waals surface area contributed by atoms with Crippen LogP contribution in [0.25, 0.3) is 11.3 Å². The van der Waals surface area contributed by atoms with Gasteiger partial charge in [0.05, 0.1) is 10.7 Å². The van der Waals surface area contributed by atoms with Crippen molar-refractivity contribution in [3.63, 3.8) is 0 Å². The Hall–Kier alpha value is -1.88. The van der Waals surface area contributed by atoms with Crippen LogP contribution in [-0.2, 0) is 4.79 Å². The van der Waals surface area contributed by atoms with Gasteiger partial charge in [-0.15, -0.1) is 11.3 Å². The number of carbonyl (C=O) groups is 1. The number of benzene rings is 1. The maximum absolute atomic E-state index is 10.4. The molecule has 1 aromatic heterocycles. The molecule has 1 N–H and O–H groups in total. The summed E-state index contributed by atoms with van der Waals surface area (Å²) < 4.78 is 5.11. The lowest BCUT2D eigenvalue weighted by Gasteiger charge is -2.04. The van der Waals surface area contributed by atoms with Crippen LogP contribution in [-0.4, -0.2) is 22.7 Å². The van der Waals surface area contributed by atoms with Gasteiger partial charge in [-0.3, -0.25) is 0 Å². The van der Waals surface area contributed by atoms with E-state index in [0.717, 1.165) is 16.3 Å². The van der Waals surface area contributed by atoms with Crippen molar-refractivity contribution in [1.82, 2.24) is 4.98 Å². The number of aromatic nitrogens is 1. The van der Waals surface area contributed by atoms with Crippen molar-refractivity contribution < 1.29 is 14.6 Å². The minimum atomic E-state index is -0.986. The average molecular weight is 249 g/mol. The second kappa shape index (κ2) is 4.97. The minimum Gasteiger partial charge on any atom is -0.482 e. The monoisotopic (exact) mass is 249 g/mol. The Balaban J connectivity index is 2.19. The largest absolute Gasteiger partial charge is 0.482 e. The Labute approximate surface area is 103 Å². The normalized spacial score (nSPS) is 10.2. The Morgan fingerprint density at radius 3 is 3.00 bits per heavy atom. The summed E-state index contributed by atoms with van der Waals surface area (Å²) in [5, 5.41) is 11.5. The van der Waals surface area contributed by atoms with E-state index in [1.165, 1.54) is 0 Å². The summed E-state index contributed by atoms with van der Waals surface area (Å²) in [5.74, 6) is -0.449. The lowest BCUT2D eigenvalue weighted by atomic mass is 10.2. The second-order valence-corrected chi connectivity index (χ2v) is 4.52. The number of aryl methyl sites for hydroxylation is 1. The Morgan fingerprint density at radius 2 is 2.35 bits per heavy atom. The van der Waals surface area contributed by atoms with Gasteiger partial charge in [-0.05, 0) is 19.1 Å². The summed E-state index contributed by atoms with van der Waals surface area (Å²) in [5.41, 5.74) is 1.81. The number of ether oxygens (including phenoxy) is 1. The fourth-order valence-electron chi connectivity index (χ4n) is 1.39. The summed E-state index contributed by atoms with van der Waals surface area (Å²) in [6, 6.07) is 7.26. The first-order chi connectivity index (χ1) is 8.15. The molecule has 0 unspecified atom stereocenters. The smallest absolute Gasteiger partial charge is 0.341 e. The van der Waals surface area contributed by atoms with E-state index >= 15 is 0 Å². The van der Waals surface area contributed by atoms with Crippen molar-refractivity contribution in [2.45, 2.75) is 6.92 Å². The van der Waals surface area contributed by atoms with Gasteiger partial charge in [0.15, 0.2) is 6.61 Å². The molecular weight excluding hydrogens is 238 g/mol. The average Bonchev–Trinajstić information content (AvgIpc) is 2.74. The summed E-state index contributed by atoms with van der Waals surface area (Å²) in [7, 11) is 0. The lowest BCUT2D eigenvalue weighted by Crippen LogP contribution is -2.09. The number of aliphatic carboxylic acids is 1. The molecule has 2 aromatic rings. The van der Waals surface area contributed by atoms with Gasteiger partial charge in [0, 0.05) is 10.9 Å². The molecule has 5 heteroatoms. The van der Waals surface area contributed by atoms with E-state index in [-0.39, 0.29) is 6.61 Å². The van der Waals surface area contributed by atoms with Crippen LogP contribution in [0.3, 0.4) is 0 Å². The molecule has 0 saturated carbocycles. The maximum atomic E-state index is 10.4. The highest BCUT2D eigenvalue weighted by Crippen LogP contribution is 2.25. The second-order valence-electron chi connectivity index (χ2n) is 3.46. The van der Waals surface area contributed by atoms with E-state index in [0.29, 0.717) is 5.75 Å². The lowest BCUT2D eigenvalue weighted by molar-refractivity contribution is -0.139. The van der Waals surface area contributed by atoms with Gasteiger partial charge in [0.2, 0.25) is 0 Å². The zero-order chi connectivity index (χ0) is 12.3. The summed E-state index contributed by atoms with van der Waals surface area (Å²) in [6.45, 7) is 1.61. The van der Waals surface area contributed by atoms with Gasteiger partial charge < -0.3 is 9.84 Å². The topological polar surface area (TPSA) is 59.4 Å². The third kappa shape index (κ3) is 3.04. The fourth-order valence-corrected chi connectivity index (χ4v) is 2.01. The van der Waals surface area contributed by atoms with Crippen molar-refractivity contribution >= 4 is 17.3 Å². The SMILES string of the molecule is Cc1nc(-c2cccc(OCC(=O)O)c2)cs1. The van der Waals surface area contributed by atoms with Crippen molar-refractivity contribution in [2.24, 2.45) is 0 Å². The van der Waals surface area contributed by atoms with Crippen molar-refractivity contribution in [3.05, 3.63) is 34.7 Å². The molecule has 0 radical (unpaired) electrons. The third-order valence-corrected chi connectivity index (χ3v) is 2.88. The van der Waals surface area contributed by atoms with Crippen molar-refractivity contribution in [3.8, 4) is 17.0 Å². The van der Waals surface area contributed by atoms with Crippen molar-refractivity contribution in [2.75, 3.05) is 6.61 Å². The number of thiazole rings is 1. The molecule has 0 spiro atoms. The molecule has 0 fully saturated rings. The standard InChI is InChI=1S/C12H11NO3S/c1-8-13-11(7-17-8)9-3-2-4-10(5-9)16-6-12(14)15/h2-5,7H,6H2,1H3,(H,14,15). The quantitative estimate of drug-likeness (QED) is 0.904. The Bertz CT molecular complexity index is 536. The van der Waals surface area contributed by atoms with E-state index < -0.39 is 5.97 Å². The van der Waals surface area contributed by atoms with E-state index in [4.69, 9.17) is 9.84 Å². The van der Waals surface area contributed by atoms with Crippen LogP contribution in [0, 0.1) is 6.92 Å². The van der Waals surface area contributed by atoms with Crippen LogP contribution in [0.1, 0.15) is 5.01 Å². The minimum absolute atomic E-state index is 0.334. The molecule has 1 aromatic carbocycles. The number of carboxylic acid groups (broad SMARTS) is 1. The van der Waals surface area contributed by atoms with Crippen LogP contribution >= 0.6 is 11.3 Å². The van der Waals surface area contributed by atoms with E-state index in [2.05, 4.69) is 4.98 Å². The van der Waals surface area contributed by atoms with Gasteiger partial charge in [-0.2, -0.15) is 0 Å². The maximum Gasteiger partial charge on any atom is 0.341 e. The van der Waals surface area contributed by atoms with E-state index in [1.54, 1.807) is 23.5 Å². The predicted molar refractivity (Wildman–Crippen MR) is 65.4 cm³/mol. The molecule has 0 aliphatic carbocycles. The first kappa shape index (κ1) is 11.6. The van der Waals surface area contributed by atoms with E-state index in [9.17, 15) is 4.79 Å². The van der Waals surface area contributed by atoms with Crippen molar-refractivity contribution in [1.29, 1.82) is 0 Å². The van der Waals surface area contributed by atoms with Gasteiger partial charge >= 0.3 is 5.97 Å². The van der Waals surface area contributed by atoms with Gasteiger partial charge in [0.1, 0.15) is 5.75 Å². The van der Waals surface area contributed by atoms with Gasteiger partial charge in [-0.25, -0.2) is 9.78 Å². The number of hydrogen-bond donors (Lipinski definition) is 1. The van der Waals surface area contributed by atoms with E-state index in [1.807, 2.05) is 24.4 Å². The summed E-state index contributed by atoms with van der Waals surface area (Å²) in [4.78, 5) is 14.8. The molecule has 4 nitrogen and oxygen atoms in total. The first-order valence-electron chi connectivity index (χ1n) is 5.02. The highest BCUT2D eigenvalue weighted by Gasteiger charge is 2.04. The highest BCUT2D eigenvalue weighted by molar-refractivity contribution is 7.09. The number of rotatable bonds is 4. The molecule has 0 aliphatic rings. The first-order valence-corrected chi connectivity index (χ1v) is 5.90. The molecular formula is C12H11NO3S. The van der Waals surface area contributed by atoms with Crippen LogP contribution < -0.4 is 4.74 Å². The van der Waals surface area contributed by atoms with Gasteiger partial charge in [0.25, 0.3) is 0 Å². The van der Waals surface area contributed by atoms with Crippen LogP contribution in [0.2, 0.25) is 0 Å². The molecule has 0 amide bonds. The molecule has 1 heterocycles. The molecule has 17 heavy (non-hydrogen) atoms. The Kier molecular flexibility index (Phi) is 3.39. The zero-order valence-electron chi connectivity index (χ0n) is 9.21. The molecule has 0 bridgehead atoms. The number of hydrogen-bond acceptors (Lipinski definition) is 4. The predicted octanol–water partition coefficient (Wildman–Crippen LogP) is 2.58. The van der Waals surface area contributed by atoms with Gasteiger partial charge in [-0.1, -0.05) is 12.1 Å². The molecule has 0 atom stereocenters. The molecule has 2 rings (SSSR count). The van der Waals surface area contributed by atoms with Crippen LogP contribution in [0.4, 0.5) is 0 Å². The highest BCUT2D eigenvalue weighted by atomic mass is 32.1. The summed E-state index contributed by atoms with van der Waals surface area (Å²) in [6.07, 6.45) is 0. The summed E-state index contributed by atoms with van der Waals surface area (Å²) >= 11 is 1.58.